The van der Waals surface area contributed by atoms with Crippen molar-refractivity contribution in [1.29, 1.82) is 0 Å². The second-order valence-electron chi connectivity index (χ2n) is 9.11. The summed E-state index contributed by atoms with van der Waals surface area (Å²) >= 11 is 0. The largest absolute Gasteiger partial charge is 0.340 e. The highest BCUT2D eigenvalue weighted by molar-refractivity contribution is 5.82. The summed E-state index contributed by atoms with van der Waals surface area (Å²) in [5, 5.41) is 0. The van der Waals surface area contributed by atoms with Gasteiger partial charge >= 0.3 is 0 Å². The van der Waals surface area contributed by atoms with Crippen LogP contribution in [0.1, 0.15) is 37.7 Å². The molecule has 1 saturated carbocycles. The van der Waals surface area contributed by atoms with E-state index >= 15 is 0 Å². The average molecular weight is 432 g/mol. The maximum atomic E-state index is 13.3. The number of benzene rings is 1. The Morgan fingerprint density at radius 1 is 1.12 bits per heavy atom. The van der Waals surface area contributed by atoms with Crippen molar-refractivity contribution in [2.75, 3.05) is 26.2 Å². The molecule has 1 aromatic carbocycles. The van der Waals surface area contributed by atoms with E-state index in [0.717, 1.165) is 29.5 Å². The molecule has 0 bridgehead atoms. The molecule has 1 saturated heterocycles. The lowest BCUT2D eigenvalue weighted by molar-refractivity contribution is -0.134. The van der Waals surface area contributed by atoms with Crippen LogP contribution in [-0.4, -0.2) is 52.8 Å². The van der Waals surface area contributed by atoms with Crippen LogP contribution < -0.4 is 0 Å². The van der Waals surface area contributed by atoms with Crippen molar-refractivity contribution in [3.63, 3.8) is 0 Å². The number of nitrogens with zero attached hydrogens (tertiary/aromatic N) is 3. The first-order valence-electron chi connectivity index (χ1n) is 11.8. The number of amides is 2. The number of aromatic nitrogens is 1. The van der Waals surface area contributed by atoms with Gasteiger partial charge in [0.25, 0.3) is 0 Å². The fourth-order valence-electron chi connectivity index (χ4n) is 5.05. The summed E-state index contributed by atoms with van der Waals surface area (Å²) in [6.45, 7) is 6.02. The number of hydrogen-bond donors (Lipinski definition) is 0. The van der Waals surface area contributed by atoms with Gasteiger partial charge < -0.3 is 9.80 Å². The van der Waals surface area contributed by atoms with E-state index in [1.165, 1.54) is 12.8 Å². The molecular formula is C27H33N3O2. The fraction of sp³-hybridized carbons (Fsp3) is 0.444. The normalized spacial score (nSPS) is 19.8. The first kappa shape index (κ1) is 22.3. The molecule has 1 aliphatic heterocycles. The van der Waals surface area contributed by atoms with Crippen molar-refractivity contribution >= 4 is 11.8 Å². The average Bonchev–Trinajstić information content (AvgIpc) is 3.28. The first-order valence-corrected chi connectivity index (χ1v) is 11.8. The zero-order valence-electron chi connectivity index (χ0n) is 18.8. The maximum Gasteiger partial charge on any atom is 0.228 e. The van der Waals surface area contributed by atoms with Crippen LogP contribution in [0.5, 0.6) is 0 Å². The van der Waals surface area contributed by atoms with Crippen LogP contribution in [0.15, 0.2) is 61.4 Å². The molecule has 2 aliphatic rings. The highest BCUT2D eigenvalue weighted by Crippen LogP contribution is 2.29. The molecule has 32 heavy (non-hydrogen) atoms. The zero-order chi connectivity index (χ0) is 22.3. The minimum atomic E-state index is -0.242. The summed E-state index contributed by atoms with van der Waals surface area (Å²) in [7, 11) is 0. The Hall–Kier alpha value is -2.95. The Morgan fingerprint density at radius 3 is 2.69 bits per heavy atom. The van der Waals surface area contributed by atoms with Gasteiger partial charge in [-0.15, -0.1) is 6.58 Å². The lowest BCUT2D eigenvalue weighted by Crippen LogP contribution is -2.38. The lowest BCUT2D eigenvalue weighted by Gasteiger charge is -2.25. The van der Waals surface area contributed by atoms with Gasteiger partial charge in [0.2, 0.25) is 11.8 Å². The van der Waals surface area contributed by atoms with E-state index in [1.807, 2.05) is 34.2 Å². The van der Waals surface area contributed by atoms with Crippen LogP contribution in [0.2, 0.25) is 0 Å². The van der Waals surface area contributed by atoms with E-state index in [-0.39, 0.29) is 17.7 Å². The van der Waals surface area contributed by atoms with E-state index in [1.54, 1.807) is 12.3 Å². The Bertz CT molecular complexity index is 937. The monoisotopic (exact) mass is 431 g/mol. The summed E-state index contributed by atoms with van der Waals surface area (Å²) in [4.78, 5) is 34.4. The zero-order valence-corrected chi connectivity index (χ0v) is 18.8. The topological polar surface area (TPSA) is 53.5 Å². The van der Waals surface area contributed by atoms with Crippen molar-refractivity contribution in [2.24, 2.45) is 11.8 Å². The molecule has 1 aliphatic carbocycles. The molecule has 2 fully saturated rings. The molecule has 1 unspecified atom stereocenters. The highest BCUT2D eigenvalue weighted by atomic mass is 16.2. The van der Waals surface area contributed by atoms with E-state index in [0.29, 0.717) is 44.9 Å². The third-order valence-corrected chi connectivity index (χ3v) is 6.79. The van der Waals surface area contributed by atoms with Crippen LogP contribution in [0, 0.1) is 11.8 Å². The molecule has 2 heterocycles. The molecule has 5 nitrogen and oxygen atoms in total. The smallest absolute Gasteiger partial charge is 0.228 e. The molecule has 0 radical (unpaired) electrons. The lowest BCUT2D eigenvalue weighted by atomic mass is 9.94. The predicted molar refractivity (Wildman–Crippen MR) is 127 cm³/mol. The van der Waals surface area contributed by atoms with Crippen molar-refractivity contribution in [3.8, 4) is 11.1 Å². The molecule has 0 N–H and O–H groups in total. The molecule has 168 valence electrons. The van der Waals surface area contributed by atoms with E-state index in [4.69, 9.17) is 0 Å². The summed E-state index contributed by atoms with van der Waals surface area (Å²) in [6.07, 6.45) is 11.4. The number of carbonyl (C=O) groups is 2. The standard InChI is InChI=1S/C27H33N3O2/c1-2-13-29-14-15-30(26(31)18-21-7-3-4-8-21)20-25(27(29)32)17-22-9-5-10-23(16-22)24-11-6-12-28-19-24/h2,5-6,9-12,16,19,21,25H,1,3-4,7-8,13-15,17-18,20H2. The molecule has 2 aromatic rings. The van der Waals surface area contributed by atoms with Crippen molar-refractivity contribution in [3.05, 3.63) is 67.0 Å². The Kier molecular flexibility index (Phi) is 7.35. The van der Waals surface area contributed by atoms with E-state index in [2.05, 4.69) is 29.8 Å². The van der Waals surface area contributed by atoms with Crippen LogP contribution in [0.25, 0.3) is 11.1 Å². The number of pyridine rings is 1. The van der Waals surface area contributed by atoms with Gasteiger partial charge in [-0.3, -0.25) is 14.6 Å². The Balaban J connectivity index is 1.52. The second-order valence-corrected chi connectivity index (χ2v) is 9.11. The van der Waals surface area contributed by atoms with Gasteiger partial charge in [0.05, 0.1) is 5.92 Å². The Morgan fingerprint density at radius 2 is 1.94 bits per heavy atom. The van der Waals surface area contributed by atoms with Gasteiger partial charge in [0.15, 0.2) is 0 Å². The van der Waals surface area contributed by atoms with Crippen LogP contribution in [0.4, 0.5) is 0 Å². The van der Waals surface area contributed by atoms with Gasteiger partial charge in [-0.2, -0.15) is 0 Å². The molecule has 0 spiro atoms. The molecule has 2 amide bonds. The maximum absolute atomic E-state index is 13.3. The summed E-state index contributed by atoms with van der Waals surface area (Å²) in [6, 6.07) is 12.3. The van der Waals surface area contributed by atoms with E-state index in [9.17, 15) is 9.59 Å². The summed E-state index contributed by atoms with van der Waals surface area (Å²) < 4.78 is 0. The van der Waals surface area contributed by atoms with Gasteiger partial charge in [-0.1, -0.05) is 49.2 Å². The minimum Gasteiger partial charge on any atom is -0.340 e. The van der Waals surface area contributed by atoms with Crippen LogP contribution >= 0.6 is 0 Å². The number of carbonyl (C=O) groups excluding carboxylic acids is 2. The quantitative estimate of drug-likeness (QED) is 0.613. The highest BCUT2D eigenvalue weighted by Gasteiger charge is 2.32. The minimum absolute atomic E-state index is 0.118. The number of hydrogen-bond acceptors (Lipinski definition) is 3. The van der Waals surface area contributed by atoms with Gasteiger partial charge in [-0.25, -0.2) is 0 Å². The first-order chi connectivity index (χ1) is 15.6. The second kappa shape index (κ2) is 10.6. The molecule has 4 rings (SSSR count). The van der Waals surface area contributed by atoms with Gasteiger partial charge in [-0.05, 0) is 47.9 Å². The fourth-order valence-corrected chi connectivity index (χ4v) is 5.05. The predicted octanol–water partition coefficient (Wildman–Crippen LogP) is 4.34. The van der Waals surface area contributed by atoms with Crippen LogP contribution in [-0.2, 0) is 16.0 Å². The number of rotatable bonds is 7. The Labute approximate surface area is 191 Å². The van der Waals surface area contributed by atoms with Gasteiger partial charge in [0.1, 0.15) is 0 Å². The van der Waals surface area contributed by atoms with Crippen LogP contribution in [0.3, 0.4) is 0 Å². The molecule has 1 aromatic heterocycles. The SMILES string of the molecule is C=CCN1CCN(C(=O)CC2CCCC2)CC(Cc2cccc(-c3cccnc3)c2)C1=O. The molecule has 5 heteroatoms. The van der Waals surface area contributed by atoms with Crippen molar-refractivity contribution < 1.29 is 9.59 Å². The molecule has 1 atom stereocenters. The third-order valence-electron chi connectivity index (χ3n) is 6.79. The third kappa shape index (κ3) is 5.45. The van der Waals surface area contributed by atoms with Gasteiger partial charge in [0, 0.05) is 45.0 Å². The molecular weight excluding hydrogens is 398 g/mol. The van der Waals surface area contributed by atoms with Crippen molar-refractivity contribution in [1.82, 2.24) is 14.8 Å². The van der Waals surface area contributed by atoms with E-state index < -0.39 is 0 Å². The van der Waals surface area contributed by atoms with Crippen molar-refractivity contribution in [2.45, 2.75) is 38.5 Å². The summed E-state index contributed by atoms with van der Waals surface area (Å²) in [5.74, 6) is 0.599. The summed E-state index contributed by atoms with van der Waals surface area (Å²) in [5.41, 5.74) is 3.25.